The molecule has 0 spiro atoms. The Morgan fingerprint density at radius 1 is 1.19 bits per heavy atom. The molecule has 0 fully saturated rings. The molecule has 16 heavy (non-hydrogen) atoms. The number of rotatable bonds is 4. The molecule has 1 aromatic carbocycles. The number of allylic oxidation sites excluding steroid dienone is 4. The molecule has 86 valence electrons. The zero-order valence-electron chi connectivity index (χ0n) is 10.9. The Labute approximate surface area is 99.7 Å². The maximum atomic E-state index is 2.26. The Hall–Kier alpha value is -1.30. The minimum Gasteiger partial charge on any atom is -0.0843 e. The van der Waals surface area contributed by atoms with Gasteiger partial charge in [-0.1, -0.05) is 49.8 Å². The van der Waals surface area contributed by atoms with E-state index in [1.54, 1.807) is 0 Å². The highest BCUT2D eigenvalue weighted by Gasteiger charge is 2.00. The number of aryl methyl sites for hydroxylation is 1. The van der Waals surface area contributed by atoms with E-state index in [9.17, 15) is 0 Å². The molecule has 0 heterocycles. The lowest BCUT2D eigenvalue weighted by molar-refractivity contribution is 0.957. The van der Waals surface area contributed by atoms with E-state index in [0.717, 1.165) is 0 Å². The smallest absolute Gasteiger partial charge is 0.0195 e. The molecule has 0 aliphatic carbocycles. The molecule has 0 radical (unpaired) electrons. The lowest BCUT2D eigenvalue weighted by Gasteiger charge is -2.08. The number of hydrogen-bond donors (Lipinski definition) is 0. The van der Waals surface area contributed by atoms with Crippen LogP contribution in [0.5, 0.6) is 0 Å². The van der Waals surface area contributed by atoms with E-state index < -0.39 is 0 Å². The normalized spacial score (nSPS) is 13.0. The molecule has 0 amide bonds. The van der Waals surface area contributed by atoms with Crippen molar-refractivity contribution in [1.29, 1.82) is 0 Å². The summed E-state index contributed by atoms with van der Waals surface area (Å²) in [5, 5.41) is 0. The summed E-state index contributed by atoms with van der Waals surface area (Å²) in [4.78, 5) is 0. The highest BCUT2D eigenvalue weighted by atomic mass is 14.1. The molecule has 1 aromatic rings. The van der Waals surface area contributed by atoms with E-state index in [1.807, 2.05) is 0 Å². The third-order valence-corrected chi connectivity index (χ3v) is 2.96. The first-order valence-corrected chi connectivity index (χ1v) is 6.06. The van der Waals surface area contributed by atoms with Crippen molar-refractivity contribution in [3.05, 3.63) is 53.1 Å². The van der Waals surface area contributed by atoms with Crippen molar-refractivity contribution in [3.8, 4) is 0 Å². The zero-order valence-corrected chi connectivity index (χ0v) is 10.9. The third-order valence-electron chi connectivity index (χ3n) is 2.96. The van der Waals surface area contributed by atoms with E-state index in [2.05, 4.69) is 64.1 Å². The van der Waals surface area contributed by atoms with Gasteiger partial charge in [0.1, 0.15) is 0 Å². The van der Waals surface area contributed by atoms with Crippen LogP contribution in [-0.2, 0) is 0 Å². The van der Waals surface area contributed by atoms with Crippen molar-refractivity contribution in [2.45, 2.75) is 40.5 Å². The lowest BCUT2D eigenvalue weighted by Crippen LogP contribution is -1.87. The Balaban J connectivity index is 2.95. The van der Waals surface area contributed by atoms with Gasteiger partial charge in [-0.2, -0.15) is 0 Å². The quantitative estimate of drug-likeness (QED) is 0.608. The Kier molecular flexibility index (Phi) is 5.04. The molecule has 0 saturated heterocycles. The van der Waals surface area contributed by atoms with Gasteiger partial charge in [0, 0.05) is 0 Å². The maximum absolute atomic E-state index is 2.26. The van der Waals surface area contributed by atoms with Gasteiger partial charge in [-0.05, 0) is 49.5 Å². The van der Waals surface area contributed by atoms with Gasteiger partial charge < -0.3 is 0 Å². The number of unbranched alkanes of at least 4 members (excludes halogenated alkanes) is 1. The monoisotopic (exact) mass is 214 g/mol. The predicted octanol–water partition coefficient (Wildman–Crippen LogP) is 5.14. The molecule has 0 aliphatic rings. The first-order valence-electron chi connectivity index (χ1n) is 6.06. The summed E-state index contributed by atoms with van der Waals surface area (Å²) < 4.78 is 0. The molecular formula is C16H22. The van der Waals surface area contributed by atoms with E-state index in [4.69, 9.17) is 0 Å². The second-order valence-corrected chi connectivity index (χ2v) is 4.31. The molecule has 0 bridgehead atoms. The molecule has 0 heteroatoms. The van der Waals surface area contributed by atoms with Gasteiger partial charge in [-0.25, -0.2) is 0 Å². The second kappa shape index (κ2) is 6.32. The van der Waals surface area contributed by atoms with Crippen molar-refractivity contribution in [3.63, 3.8) is 0 Å². The predicted molar refractivity (Wildman–Crippen MR) is 73.5 cm³/mol. The second-order valence-electron chi connectivity index (χ2n) is 4.31. The molecule has 0 unspecified atom stereocenters. The van der Waals surface area contributed by atoms with Crippen LogP contribution in [0.4, 0.5) is 0 Å². The fourth-order valence-corrected chi connectivity index (χ4v) is 1.76. The maximum Gasteiger partial charge on any atom is -0.0195 e. The molecule has 0 aromatic heterocycles. The molecule has 0 nitrogen and oxygen atoms in total. The minimum atomic E-state index is 1.17. The van der Waals surface area contributed by atoms with Crippen LogP contribution in [-0.4, -0.2) is 0 Å². The van der Waals surface area contributed by atoms with Crippen molar-refractivity contribution in [1.82, 2.24) is 0 Å². The van der Waals surface area contributed by atoms with E-state index in [0.29, 0.717) is 0 Å². The van der Waals surface area contributed by atoms with E-state index in [-0.39, 0.29) is 0 Å². The minimum absolute atomic E-state index is 1.17. The molecular weight excluding hydrogens is 192 g/mol. The van der Waals surface area contributed by atoms with Crippen LogP contribution in [0.15, 0.2) is 42.0 Å². The van der Waals surface area contributed by atoms with Crippen molar-refractivity contribution < 1.29 is 0 Å². The van der Waals surface area contributed by atoms with Crippen molar-refractivity contribution >= 4 is 5.57 Å². The van der Waals surface area contributed by atoms with Crippen molar-refractivity contribution in [2.75, 3.05) is 0 Å². The fourth-order valence-electron chi connectivity index (χ4n) is 1.76. The average Bonchev–Trinajstić information content (AvgIpc) is 2.29. The summed E-state index contributed by atoms with van der Waals surface area (Å²) in [6.07, 6.45) is 6.88. The first kappa shape index (κ1) is 12.8. The summed E-state index contributed by atoms with van der Waals surface area (Å²) in [5.74, 6) is 0. The average molecular weight is 214 g/mol. The molecule has 0 atom stereocenters. The number of benzene rings is 1. The Bertz CT molecular complexity index is 394. The zero-order chi connectivity index (χ0) is 12.0. The Morgan fingerprint density at radius 3 is 2.50 bits per heavy atom. The summed E-state index contributed by atoms with van der Waals surface area (Å²) in [6.45, 7) is 8.77. The molecule has 0 aliphatic heterocycles. The molecule has 0 N–H and O–H groups in total. The van der Waals surface area contributed by atoms with Crippen LogP contribution < -0.4 is 0 Å². The Morgan fingerprint density at radius 2 is 1.88 bits per heavy atom. The summed E-state index contributed by atoms with van der Waals surface area (Å²) in [6, 6.07) is 8.56. The SMILES string of the molecule is CCC/C=C\C(C)=C(/C)c1ccccc1C. The standard InChI is InChI=1S/C16H22/c1-5-6-7-10-13(2)15(4)16-12-9-8-11-14(16)3/h7-12H,5-6H2,1-4H3/b10-7-,15-13+. The van der Waals surface area contributed by atoms with Gasteiger partial charge in [0.25, 0.3) is 0 Å². The van der Waals surface area contributed by atoms with Gasteiger partial charge in [-0.15, -0.1) is 0 Å². The first-order chi connectivity index (χ1) is 7.66. The van der Waals surface area contributed by atoms with Crippen molar-refractivity contribution in [2.24, 2.45) is 0 Å². The van der Waals surface area contributed by atoms with Crippen LogP contribution in [0.3, 0.4) is 0 Å². The molecule has 1 rings (SSSR count). The van der Waals surface area contributed by atoms with E-state index >= 15 is 0 Å². The third kappa shape index (κ3) is 3.37. The van der Waals surface area contributed by atoms with Gasteiger partial charge in [0.05, 0.1) is 0 Å². The van der Waals surface area contributed by atoms with Crippen LogP contribution in [0.2, 0.25) is 0 Å². The van der Waals surface area contributed by atoms with Gasteiger partial charge in [0.2, 0.25) is 0 Å². The van der Waals surface area contributed by atoms with Crippen LogP contribution in [0.25, 0.3) is 5.57 Å². The van der Waals surface area contributed by atoms with Crippen LogP contribution in [0.1, 0.15) is 44.7 Å². The summed E-state index contributed by atoms with van der Waals surface area (Å²) in [5.41, 5.74) is 5.46. The van der Waals surface area contributed by atoms with Gasteiger partial charge in [-0.3, -0.25) is 0 Å². The fraction of sp³-hybridized carbons (Fsp3) is 0.375. The van der Waals surface area contributed by atoms with Crippen LogP contribution in [0, 0.1) is 6.92 Å². The van der Waals surface area contributed by atoms with E-state index in [1.165, 1.54) is 35.1 Å². The topological polar surface area (TPSA) is 0 Å². The lowest BCUT2D eigenvalue weighted by atomic mass is 9.98. The largest absolute Gasteiger partial charge is 0.0843 e. The van der Waals surface area contributed by atoms with Crippen LogP contribution >= 0.6 is 0 Å². The summed E-state index contributed by atoms with van der Waals surface area (Å²) in [7, 11) is 0. The highest BCUT2D eigenvalue weighted by Crippen LogP contribution is 2.22. The van der Waals surface area contributed by atoms with Gasteiger partial charge >= 0.3 is 0 Å². The number of hydrogen-bond acceptors (Lipinski definition) is 0. The molecule has 0 saturated carbocycles. The summed E-state index contributed by atoms with van der Waals surface area (Å²) >= 11 is 0. The van der Waals surface area contributed by atoms with Gasteiger partial charge in [0.15, 0.2) is 0 Å². The highest BCUT2D eigenvalue weighted by molar-refractivity contribution is 5.70.